The highest BCUT2D eigenvalue weighted by Crippen LogP contribution is 2.20. The Morgan fingerprint density at radius 3 is 2.12 bits per heavy atom. The molecule has 0 radical (unpaired) electrons. The van der Waals surface area contributed by atoms with E-state index in [9.17, 15) is 13.2 Å². The molecule has 88 valence electrons. The fraction of sp³-hybridized carbons (Fsp3) is 0. The quantitative estimate of drug-likeness (QED) is 0.735. The fourth-order valence-electron chi connectivity index (χ4n) is 1.40. The van der Waals surface area contributed by atoms with Gasteiger partial charge < -0.3 is 4.98 Å². The van der Waals surface area contributed by atoms with Gasteiger partial charge in [0.1, 0.15) is 4.90 Å². The number of sulfonamides is 1. The van der Waals surface area contributed by atoms with Crippen molar-refractivity contribution in [2.24, 2.45) is 0 Å². The van der Waals surface area contributed by atoms with Gasteiger partial charge in [0.25, 0.3) is 15.9 Å². The van der Waals surface area contributed by atoms with E-state index in [2.05, 4.69) is 4.98 Å². The molecule has 1 aromatic heterocycles. The molecule has 2 heterocycles. The molecule has 0 atom stereocenters. The van der Waals surface area contributed by atoms with E-state index in [1.165, 1.54) is 12.1 Å². The van der Waals surface area contributed by atoms with E-state index in [0.29, 0.717) is 0 Å². The number of carbonyl (C=O) groups is 1. The van der Waals surface area contributed by atoms with E-state index in [1.807, 2.05) is 29.2 Å². The summed E-state index contributed by atoms with van der Waals surface area (Å²) in [4.78, 5) is 13.9. The lowest BCUT2D eigenvalue weighted by Gasteiger charge is -1.91. The maximum atomic E-state index is 11.1. The van der Waals surface area contributed by atoms with Crippen molar-refractivity contribution in [1.29, 1.82) is 0 Å². The van der Waals surface area contributed by atoms with Crippen molar-refractivity contribution < 1.29 is 13.2 Å². The second-order valence-electron chi connectivity index (χ2n) is 3.32. The minimum absolute atomic E-state index is 0.0648. The number of aromatic amines is 1. The van der Waals surface area contributed by atoms with E-state index in [0.717, 1.165) is 0 Å². The molecule has 5 nitrogen and oxygen atoms in total. The zero-order valence-electron chi connectivity index (χ0n) is 8.75. The van der Waals surface area contributed by atoms with Gasteiger partial charge in [-0.3, -0.25) is 4.79 Å². The SMILES string of the molecule is O=C1NS(=O)(=O)c2ccccc21.c1cc[nH]c1. The molecular formula is C11H10N2O3S. The molecule has 1 aliphatic rings. The lowest BCUT2D eigenvalue weighted by atomic mass is 10.2. The summed E-state index contributed by atoms with van der Waals surface area (Å²) in [6.07, 6.45) is 3.75. The monoisotopic (exact) mass is 250 g/mol. The van der Waals surface area contributed by atoms with Crippen LogP contribution in [0.1, 0.15) is 10.4 Å². The first kappa shape index (κ1) is 11.4. The molecule has 0 saturated carbocycles. The summed E-state index contributed by atoms with van der Waals surface area (Å²) in [7, 11) is -3.55. The molecule has 6 heteroatoms. The minimum atomic E-state index is -3.55. The van der Waals surface area contributed by atoms with Crippen molar-refractivity contribution >= 4 is 15.9 Å². The standard InChI is InChI=1S/C7H5NO3S.C4H5N/c9-7-5-3-1-2-4-6(5)12(10,11)8-7;1-2-4-5-3-1/h1-4H,(H,8,9);1-5H. The summed E-state index contributed by atoms with van der Waals surface area (Å²) in [5.74, 6) is -0.550. The van der Waals surface area contributed by atoms with Crippen molar-refractivity contribution in [2.75, 3.05) is 0 Å². The maximum absolute atomic E-state index is 11.1. The number of hydrogen-bond donors (Lipinski definition) is 2. The first-order valence-electron chi connectivity index (χ1n) is 4.85. The molecule has 3 rings (SSSR count). The van der Waals surface area contributed by atoms with Crippen LogP contribution in [0.4, 0.5) is 0 Å². The molecule has 0 unspecified atom stereocenters. The molecule has 0 aliphatic carbocycles. The third-order valence-electron chi connectivity index (χ3n) is 2.14. The van der Waals surface area contributed by atoms with Crippen LogP contribution in [0.5, 0.6) is 0 Å². The van der Waals surface area contributed by atoms with Gasteiger partial charge in [-0.05, 0) is 24.3 Å². The van der Waals surface area contributed by atoms with E-state index in [1.54, 1.807) is 12.1 Å². The fourth-order valence-corrected chi connectivity index (χ4v) is 2.57. The molecular weight excluding hydrogens is 240 g/mol. The number of nitrogens with one attached hydrogen (secondary N) is 2. The van der Waals surface area contributed by atoms with Crippen molar-refractivity contribution in [2.45, 2.75) is 4.90 Å². The van der Waals surface area contributed by atoms with Crippen molar-refractivity contribution in [3.63, 3.8) is 0 Å². The summed E-state index contributed by atoms with van der Waals surface area (Å²) in [6.45, 7) is 0. The average Bonchev–Trinajstić information content (AvgIpc) is 2.92. The zero-order chi connectivity index (χ0) is 12.3. The number of carbonyl (C=O) groups excluding carboxylic acids is 1. The molecule has 1 aromatic carbocycles. The van der Waals surface area contributed by atoms with Crippen LogP contribution in [0.3, 0.4) is 0 Å². The van der Waals surface area contributed by atoms with Gasteiger partial charge in [0, 0.05) is 12.4 Å². The van der Waals surface area contributed by atoms with Gasteiger partial charge in [-0.1, -0.05) is 12.1 Å². The Kier molecular flexibility index (Phi) is 2.97. The van der Waals surface area contributed by atoms with Crippen LogP contribution in [0, 0.1) is 0 Å². The molecule has 0 saturated heterocycles. The second kappa shape index (κ2) is 4.42. The average molecular weight is 250 g/mol. The smallest absolute Gasteiger partial charge is 0.266 e. The molecule has 17 heavy (non-hydrogen) atoms. The Morgan fingerprint density at radius 1 is 0.941 bits per heavy atom. The largest absolute Gasteiger partial charge is 0.368 e. The number of benzene rings is 1. The van der Waals surface area contributed by atoms with E-state index in [-0.39, 0.29) is 10.5 Å². The van der Waals surface area contributed by atoms with Crippen molar-refractivity contribution in [1.82, 2.24) is 9.71 Å². The van der Waals surface area contributed by atoms with E-state index >= 15 is 0 Å². The highest BCUT2D eigenvalue weighted by molar-refractivity contribution is 7.90. The highest BCUT2D eigenvalue weighted by atomic mass is 32.2. The van der Waals surface area contributed by atoms with Crippen molar-refractivity contribution in [3.05, 3.63) is 54.4 Å². The van der Waals surface area contributed by atoms with Crippen LogP contribution < -0.4 is 4.72 Å². The molecule has 1 amide bonds. The molecule has 1 aliphatic heterocycles. The molecule has 0 bridgehead atoms. The normalized spacial score (nSPS) is 15.4. The summed E-state index contributed by atoms with van der Waals surface area (Å²) in [5.41, 5.74) is 0.220. The summed E-state index contributed by atoms with van der Waals surface area (Å²) in [5, 5.41) is 0. The number of amides is 1. The number of hydrogen-bond acceptors (Lipinski definition) is 3. The maximum Gasteiger partial charge on any atom is 0.266 e. The Balaban J connectivity index is 0.000000181. The Morgan fingerprint density at radius 2 is 1.59 bits per heavy atom. The topological polar surface area (TPSA) is 79.0 Å². The highest BCUT2D eigenvalue weighted by Gasteiger charge is 2.31. The van der Waals surface area contributed by atoms with Crippen LogP contribution in [0.15, 0.2) is 53.7 Å². The number of fused-ring (bicyclic) bond motifs is 1. The lowest BCUT2D eigenvalue weighted by Crippen LogP contribution is -2.20. The van der Waals surface area contributed by atoms with Gasteiger partial charge >= 0.3 is 0 Å². The van der Waals surface area contributed by atoms with Gasteiger partial charge in [-0.2, -0.15) is 0 Å². The molecule has 0 fully saturated rings. The van der Waals surface area contributed by atoms with Gasteiger partial charge in [-0.25, -0.2) is 13.1 Å². The van der Waals surface area contributed by atoms with E-state index < -0.39 is 15.9 Å². The lowest BCUT2D eigenvalue weighted by molar-refractivity contribution is 0.0985. The summed E-state index contributed by atoms with van der Waals surface area (Å²) >= 11 is 0. The van der Waals surface area contributed by atoms with E-state index in [4.69, 9.17) is 0 Å². The summed E-state index contributed by atoms with van der Waals surface area (Å²) < 4.78 is 24.2. The van der Waals surface area contributed by atoms with Crippen LogP contribution >= 0.6 is 0 Å². The van der Waals surface area contributed by atoms with Crippen molar-refractivity contribution in [3.8, 4) is 0 Å². The first-order chi connectivity index (χ1) is 8.11. The van der Waals surface area contributed by atoms with Gasteiger partial charge in [-0.15, -0.1) is 0 Å². The number of rotatable bonds is 0. The van der Waals surface area contributed by atoms with Crippen LogP contribution in [0.25, 0.3) is 0 Å². The van der Waals surface area contributed by atoms with Crippen LogP contribution in [-0.4, -0.2) is 19.3 Å². The number of H-pyrrole nitrogens is 1. The third kappa shape index (κ3) is 2.36. The Bertz CT molecular complexity index is 601. The molecule has 0 spiro atoms. The van der Waals surface area contributed by atoms with Gasteiger partial charge in [0.05, 0.1) is 5.56 Å². The number of aromatic nitrogens is 1. The predicted molar refractivity (Wildman–Crippen MR) is 61.9 cm³/mol. The van der Waals surface area contributed by atoms with Gasteiger partial charge in [0.15, 0.2) is 0 Å². The van der Waals surface area contributed by atoms with Crippen LogP contribution in [-0.2, 0) is 10.0 Å². The zero-order valence-corrected chi connectivity index (χ0v) is 9.57. The second-order valence-corrected chi connectivity index (χ2v) is 4.97. The Hall–Kier alpha value is -2.08. The third-order valence-corrected chi connectivity index (χ3v) is 3.53. The predicted octanol–water partition coefficient (Wildman–Crippen LogP) is 1.13. The van der Waals surface area contributed by atoms with Crippen LogP contribution in [0.2, 0.25) is 0 Å². The molecule has 2 N–H and O–H groups in total. The molecule has 2 aromatic rings. The van der Waals surface area contributed by atoms with Gasteiger partial charge in [0.2, 0.25) is 0 Å². The first-order valence-corrected chi connectivity index (χ1v) is 6.33. The minimum Gasteiger partial charge on any atom is -0.368 e. The Labute approximate surface area is 98.5 Å². The summed E-state index contributed by atoms with van der Waals surface area (Å²) in [6, 6.07) is 9.98.